The summed E-state index contributed by atoms with van der Waals surface area (Å²) in [5.74, 6) is -2.51. The first-order chi connectivity index (χ1) is 11.5. The first kappa shape index (κ1) is 17.4. The predicted molar refractivity (Wildman–Crippen MR) is 83.5 cm³/mol. The van der Waals surface area contributed by atoms with Gasteiger partial charge >= 0.3 is 0 Å². The number of hydrogen-bond donors (Lipinski definition) is 2. The Balaban J connectivity index is 1.79. The summed E-state index contributed by atoms with van der Waals surface area (Å²) in [6, 6.07) is 9.92. The van der Waals surface area contributed by atoms with Gasteiger partial charge in [-0.25, -0.2) is 8.78 Å². The minimum atomic E-state index is -1.12. The van der Waals surface area contributed by atoms with Crippen molar-refractivity contribution in [3.8, 4) is 5.75 Å². The van der Waals surface area contributed by atoms with E-state index in [1.807, 2.05) is 0 Å². The van der Waals surface area contributed by atoms with Crippen LogP contribution in [0.25, 0.3) is 0 Å². The average molecular weight is 334 g/mol. The van der Waals surface area contributed by atoms with Crippen molar-refractivity contribution in [2.24, 2.45) is 0 Å². The number of amides is 2. The van der Waals surface area contributed by atoms with Gasteiger partial charge in [0.25, 0.3) is 5.91 Å². The number of rotatable bonds is 6. The van der Waals surface area contributed by atoms with E-state index in [-0.39, 0.29) is 12.1 Å². The molecule has 0 aliphatic rings. The van der Waals surface area contributed by atoms with Crippen LogP contribution in [0.2, 0.25) is 0 Å². The van der Waals surface area contributed by atoms with Crippen LogP contribution in [0.3, 0.4) is 0 Å². The van der Waals surface area contributed by atoms with E-state index in [1.165, 1.54) is 0 Å². The molecule has 0 atom stereocenters. The zero-order valence-electron chi connectivity index (χ0n) is 12.9. The average Bonchev–Trinajstić information content (AvgIpc) is 2.60. The van der Waals surface area contributed by atoms with Gasteiger partial charge in [-0.15, -0.1) is 0 Å². The second-order valence-electron chi connectivity index (χ2n) is 4.94. The van der Waals surface area contributed by atoms with E-state index in [9.17, 15) is 18.4 Å². The molecule has 0 saturated carbocycles. The molecule has 0 unspecified atom stereocenters. The van der Waals surface area contributed by atoms with Crippen LogP contribution in [-0.2, 0) is 11.3 Å². The van der Waals surface area contributed by atoms with Crippen molar-refractivity contribution in [2.75, 3.05) is 13.7 Å². The lowest BCUT2D eigenvalue weighted by molar-refractivity contribution is -0.120. The van der Waals surface area contributed by atoms with Gasteiger partial charge in [-0.2, -0.15) is 0 Å². The van der Waals surface area contributed by atoms with Crippen LogP contribution in [0.5, 0.6) is 5.75 Å². The monoisotopic (exact) mass is 334 g/mol. The molecule has 0 spiro atoms. The summed E-state index contributed by atoms with van der Waals surface area (Å²) in [5.41, 5.74) is 0.813. The molecule has 0 heterocycles. The smallest absolute Gasteiger partial charge is 0.251 e. The molecular weight excluding hydrogens is 318 g/mol. The summed E-state index contributed by atoms with van der Waals surface area (Å²) in [4.78, 5) is 23.5. The number of methoxy groups -OCH3 is 1. The van der Waals surface area contributed by atoms with E-state index in [0.29, 0.717) is 12.3 Å². The number of halogens is 2. The lowest BCUT2D eigenvalue weighted by Crippen LogP contribution is -2.36. The second kappa shape index (κ2) is 8.05. The SMILES string of the molecule is COc1ccc(CNC(=O)CNC(=O)c2ccc(F)c(F)c2)cc1. The molecule has 0 aliphatic heterocycles. The Morgan fingerprint density at radius 1 is 1.00 bits per heavy atom. The van der Waals surface area contributed by atoms with Crippen molar-refractivity contribution in [2.45, 2.75) is 6.54 Å². The summed E-state index contributed by atoms with van der Waals surface area (Å²) < 4.78 is 30.9. The molecule has 0 aliphatic carbocycles. The minimum Gasteiger partial charge on any atom is -0.497 e. The number of hydrogen-bond acceptors (Lipinski definition) is 3. The predicted octanol–water partition coefficient (Wildman–Crippen LogP) is 2.02. The van der Waals surface area contributed by atoms with Crippen molar-refractivity contribution >= 4 is 11.8 Å². The minimum absolute atomic E-state index is 0.0585. The molecule has 2 aromatic rings. The Morgan fingerprint density at radius 3 is 2.33 bits per heavy atom. The molecule has 5 nitrogen and oxygen atoms in total. The van der Waals surface area contributed by atoms with Gasteiger partial charge in [0.1, 0.15) is 5.75 Å². The fourth-order valence-corrected chi connectivity index (χ4v) is 1.91. The first-order valence-electron chi connectivity index (χ1n) is 7.12. The Hall–Kier alpha value is -2.96. The number of benzene rings is 2. The van der Waals surface area contributed by atoms with Gasteiger partial charge in [0.2, 0.25) is 5.91 Å². The van der Waals surface area contributed by atoms with Crippen LogP contribution >= 0.6 is 0 Å². The molecule has 2 aromatic carbocycles. The van der Waals surface area contributed by atoms with Gasteiger partial charge in [-0.1, -0.05) is 12.1 Å². The maximum atomic E-state index is 13.1. The highest BCUT2D eigenvalue weighted by Crippen LogP contribution is 2.11. The van der Waals surface area contributed by atoms with E-state index in [0.717, 1.165) is 23.8 Å². The van der Waals surface area contributed by atoms with Crippen LogP contribution in [0, 0.1) is 11.6 Å². The van der Waals surface area contributed by atoms with Crippen molar-refractivity contribution in [3.05, 3.63) is 65.2 Å². The Kier molecular flexibility index (Phi) is 5.83. The molecule has 7 heteroatoms. The summed E-state index contributed by atoms with van der Waals surface area (Å²) in [7, 11) is 1.56. The standard InChI is InChI=1S/C17H16F2N2O3/c1-24-13-5-2-11(3-6-13)9-20-16(22)10-21-17(23)12-4-7-14(18)15(19)8-12/h2-8H,9-10H2,1H3,(H,20,22)(H,21,23). The zero-order chi connectivity index (χ0) is 17.5. The van der Waals surface area contributed by atoms with Crippen LogP contribution < -0.4 is 15.4 Å². The molecule has 2 amide bonds. The second-order valence-corrected chi connectivity index (χ2v) is 4.94. The topological polar surface area (TPSA) is 67.4 Å². The Morgan fingerprint density at radius 2 is 1.71 bits per heavy atom. The number of carbonyl (C=O) groups is 2. The summed E-state index contributed by atoms with van der Waals surface area (Å²) >= 11 is 0. The highest BCUT2D eigenvalue weighted by Gasteiger charge is 2.11. The van der Waals surface area contributed by atoms with Crippen LogP contribution in [0.1, 0.15) is 15.9 Å². The molecule has 2 rings (SSSR count). The summed E-state index contributed by atoms with van der Waals surface area (Å²) in [5, 5.41) is 4.98. The number of ether oxygens (including phenoxy) is 1. The van der Waals surface area contributed by atoms with Crippen molar-refractivity contribution in [1.82, 2.24) is 10.6 Å². The van der Waals surface area contributed by atoms with Crippen molar-refractivity contribution in [1.29, 1.82) is 0 Å². The number of carbonyl (C=O) groups excluding carboxylic acids is 2. The van der Waals surface area contributed by atoms with Gasteiger partial charge in [0, 0.05) is 12.1 Å². The van der Waals surface area contributed by atoms with Crippen LogP contribution in [0.15, 0.2) is 42.5 Å². The maximum absolute atomic E-state index is 13.1. The molecule has 24 heavy (non-hydrogen) atoms. The first-order valence-corrected chi connectivity index (χ1v) is 7.12. The van der Waals surface area contributed by atoms with Gasteiger partial charge in [0.15, 0.2) is 11.6 Å². The summed E-state index contributed by atoms with van der Waals surface area (Å²) in [6.07, 6.45) is 0. The van der Waals surface area contributed by atoms with Crippen molar-refractivity contribution < 1.29 is 23.1 Å². The van der Waals surface area contributed by atoms with Crippen molar-refractivity contribution in [3.63, 3.8) is 0 Å². The fourth-order valence-electron chi connectivity index (χ4n) is 1.91. The maximum Gasteiger partial charge on any atom is 0.251 e. The molecule has 0 radical (unpaired) electrons. The van der Waals surface area contributed by atoms with Gasteiger partial charge < -0.3 is 15.4 Å². The van der Waals surface area contributed by atoms with E-state index in [2.05, 4.69) is 10.6 Å². The van der Waals surface area contributed by atoms with Gasteiger partial charge in [-0.3, -0.25) is 9.59 Å². The van der Waals surface area contributed by atoms with E-state index in [4.69, 9.17) is 4.74 Å². The lowest BCUT2D eigenvalue weighted by Gasteiger charge is -2.08. The van der Waals surface area contributed by atoms with E-state index < -0.39 is 23.4 Å². The molecular formula is C17H16F2N2O3. The molecule has 126 valence electrons. The fraction of sp³-hybridized carbons (Fsp3) is 0.176. The van der Waals surface area contributed by atoms with E-state index in [1.54, 1.807) is 31.4 Å². The zero-order valence-corrected chi connectivity index (χ0v) is 12.9. The quantitative estimate of drug-likeness (QED) is 0.849. The van der Waals surface area contributed by atoms with Gasteiger partial charge in [-0.05, 0) is 35.9 Å². The van der Waals surface area contributed by atoms with Gasteiger partial charge in [0.05, 0.1) is 13.7 Å². The Labute approximate surface area is 137 Å². The number of nitrogens with one attached hydrogen (secondary N) is 2. The molecule has 0 bridgehead atoms. The Bertz CT molecular complexity index is 733. The molecule has 0 fully saturated rings. The molecule has 0 aromatic heterocycles. The largest absolute Gasteiger partial charge is 0.497 e. The molecule has 2 N–H and O–H groups in total. The third-order valence-electron chi connectivity index (χ3n) is 3.24. The highest BCUT2D eigenvalue weighted by molar-refractivity contribution is 5.96. The lowest BCUT2D eigenvalue weighted by atomic mass is 10.2. The van der Waals surface area contributed by atoms with Crippen LogP contribution in [0.4, 0.5) is 8.78 Å². The van der Waals surface area contributed by atoms with E-state index >= 15 is 0 Å². The van der Waals surface area contributed by atoms with Crippen LogP contribution in [-0.4, -0.2) is 25.5 Å². The highest BCUT2D eigenvalue weighted by atomic mass is 19.2. The third-order valence-corrected chi connectivity index (χ3v) is 3.24. The normalized spacial score (nSPS) is 10.1. The molecule has 0 saturated heterocycles. The summed E-state index contributed by atoms with van der Waals surface area (Å²) in [6.45, 7) is 0.0257. The third kappa shape index (κ3) is 4.77.